The molecule has 0 aliphatic heterocycles. The number of carbonyl (C=O) groups is 2. The zero-order valence-electron chi connectivity index (χ0n) is 11.9. The minimum absolute atomic E-state index is 0.177. The van der Waals surface area contributed by atoms with Gasteiger partial charge in [-0.15, -0.1) is 0 Å². The van der Waals surface area contributed by atoms with Crippen molar-refractivity contribution in [2.24, 2.45) is 0 Å². The van der Waals surface area contributed by atoms with Crippen LogP contribution in [0.1, 0.15) is 29.0 Å². The minimum Gasteiger partial charge on any atom is -0.465 e. The Morgan fingerprint density at radius 3 is 2.50 bits per heavy atom. The van der Waals surface area contributed by atoms with Crippen LogP contribution in [0.4, 0.5) is 0 Å². The highest BCUT2D eigenvalue weighted by Gasteiger charge is 2.25. The fourth-order valence-corrected chi connectivity index (χ4v) is 1.95. The zero-order valence-corrected chi connectivity index (χ0v) is 11.9. The maximum atomic E-state index is 12.3. The number of carbonyl (C=O) groups excluding carboxylic acids is 2. The Labute approximate surface area is 128 Å². The average molecular weight is 296 g/mol. The van der Waals surface area contributed by atoms with Gasteiger partial charge >= 0.3 is 0 Å². The molecule has 0 radical (unpaired) electrons. The van der Waals surface area contributed by atoms with Gasteiger partial charge in [-0.1, -0.05) is 18.2 Å². The highest BCUT2D eigenvalue weighted by atomic mass is 16.3. The van der Waals surface area contributed by atoms with E-state index in [1.165, 1.54) is 12.3 Å². The Morgan fingerprint density at radius 1 is 1.09 bits per heavy atom. The first-order valence-corrected chi connectivity index (χ1v) is 7.15. The van der Waals surface area contributed by atoms with E-state index in [0.29, 0.717) is 11.3 Å². The summed E-state index contributed by atoms with van der Waals surface area (Å²) in [5.41, 5.74) is 0.669. The Hall–Kier alpha value is -2.82. The molecule has 0 spiro atoms. The van der Waals surface area contributed by atoms with Crippen LogP contribution in [0.25, 0.3) is 6.08 Å². The molecule has 0 saturated heterocycles. The molecule has 2 aromatic rings. The maximum absolute atomic E-state index is 12.3. The highest BCUT2D eigenvalue weighted by Crippen LogP contribution is 2.19. The van der Waals surface area contributed by atoms with Crippen LogP contribution in [0, 0.1) is 0 Å². The Morgan fingerprint density at radius 2 is 1.86 bits per heavy atom. The molecule has 5 nitrogen and oxygen atoms in total. The predicted octanol–water partition coefficient (Wildman–Crippen LogP) is 2.33. The quantitative estimate of drug-likeness (QED) is 0.832. The molecule has 3 rings (SSSR count). The van der Waals surface area contributed by atoms with Crippen molar-refractivity contribution in [3.63, 3.8) is 0 Å². The van der Waals surface area contributed by atoms with E-state index in [-0.39, 0.29) is 23.6 Å². The molecule has 112 valence electrons. The van der Waals surface area contributed by atoms with E-state index < -0.39 is 0 Å². The molecule has 1 heterocycles. The summed E-state index contributed by atoms with van der Waals surface area (Å²) in [6.45, 7) is 0. The number of benzene rings is 1. The molecule has 2 amide bonds. The second kappa shape index (κ2) is 6.30. The monoisotopic (exact) mass is 296 g/mol. The van der Waals surface area contributed by atoms with E-state index in [9.17, 15) is 9.59 Å². The van der Waals surface area contributed by atoms with E-state index >= 15 is 0 Å². The SMILES string of the molecule is O=C(NC1CC1)/C(=C/c1ccco1)NC(=O)c1ccccc1. The van der Waals surface area contributed by atoms with Gasteiger partial charge in [-0.2, -0.15) is 0 Å². The molecular weight excluding hydrogens is 280 g/mol. The second-order valence-electron chi connectivity index (χ2n) is 5.14. The summed E-state index contributed by atoms with van der Waals surface area (Å²) in [5.74, 6) is -0.123. The van der Waals surface area contributed by atoms with E-state index in [2.05, 4.69) is 10.6 Å². The van der Waals surface area contributed by atoms with Gasteiger partial charge in [0.1, 0.15) is 11.5 Å². The first-order chi connectivity index (χ1) is 10.7. The molecular formula is C17H16N2O3. The summed E-state index contributed by atoms with van der Waals surface area (Å²) in [7, 11) is 0. The zero-order chi connectivity index (χ0) is 15.4. The van der Waals surface area contributed by atoms with Gasteiger partial charge in [0.25, 0.3) is 11.8 Å². The Bertz CT molecular complexity index is 686. The van der Waals surface area contributed by atoms with Crippen LogP contribution < -0.4 is 10.6 Å². The molecule has 2 N–H and O–H groups in total. The lowest BCUT2D eigenvalue weighted by Gasteiger charge is -2.10. The fraction of sp³-hybridized carbons (Fsp3) is 0.176. The van der Waals surface area contributed by atoms with Crippen molar-refractivity contribution < 1.29 is 14.0 Å². The van der Waals surface area contributed by atoms with Crippen molar-refractivity contribution in [3.8, 4) is 0 Å². The number of furan rings is 1. The van der Waals surface area contributed by atoms with Gasteiger partial charge < -0.3 is 15.1 Å². The smallest absolute Gasteiger partial charge is 0.268 e. The largest absolute Gasteiger partial charge is 0.465 e. The van der Waals surface area contributed by atoms with Crippen LogP contribution in [0.3, 0.4) is 0 Å². The summed E-state index contributed by atoms with van der Waals surface area (Å²) in [6, 6.07) is 12.4. The molecule has 1 aromatic carbocycles. The third-order valence-electron chi connectivity index (χ3n) is 3.27. The first kappa shape index (κ1) is 14.1. The maximum Gasteiger partial charge on any atom is 0.268 e. The number of nitrogens with one attached hydrogen (secondary N) is 2. The van der Waals surface area contributed by atoms with E-state index in [4.69, 9.17) is 4.42 Å². The lowest BCUT2D eigenvalue weighted by Crippen LogP contribution is -2.35. The third-order valence-corrected chi connectivity index (χ3v) is 3.27. The lowest BCUT2D eigenvalue weighted by molar-refractivity contribution is -0.117. The normalized spacial score (nSPS) is 14.5. The van der Waals surface area contributed by atoms with Crippen molar-refractivity contribution >= 4 is 17.9 Å². The molecule has 1 saturated carbocycles. The fourth-order valence-electron chi connectivity index (χ4n) is 1.95. The molecule has 5 heteroatoms. The first-order valence-electron chi connectivity index (χ1n) is 7.15. The molecule has 0 unspecified atom stereocenters. The van der Waals surface area contributed by atoms with Crippen LogP contribution in [0.15, 0.2) is 58.8 Å². The summed E-state index contributed by atoms with van der Waals surface area (Å²) in [6.07, 6.45) is 5.00. The van der Waals surface area contributed by atoms with Gasteiger partial charge in [0.15, 0.2) is 0 Å². The van der Waals surface area contributed by atoms with Crippen LogP contribution in [0.2, 0.25) is 0 Å². The summed E-state index contributed by atoms with van der Waals surface area (Å²) < 4.78 is 5.21. The second-order valence-corrected chi connectivity index (χ2v) is 5.14. The van der Waals surface area contributed by atoms with Crippen molar-refractivity contribution in [2.75, 3.05) is 0 Å². The van der Waals surface area contributed by atoms with E-state index in [0.717, 1.165) is 12.8 Å². The Kier molecular flexibility index (Phi) is 4.05. The highest BCUT2D eigenvalue weighted by molar-refractivity contribution is 6.05. The molecule has 1 aliphatic carbocycles. The van der Waals surface area contributed by atoms with Crippen molar-refractivity contribution in [1.82, 2.24) is 10.6 Å². The average Bonchev–Trinajstić information content (AvgIpc) is 3.20. The van der Waals surface area contributed by atoms with Crippen LogP contribution in [-0.4, -0.2) is 17.9 Å². The van der Waals surface area contributed by atoms with Gasteiger partial charge in [-0.3, -0.25) is 9.59 Å². The lowest BCUT2D eigenvalue weighted by atomic mass is 10.2. The minimum atomic E-state index is -0.329. The number of hydrogen-bond acceptors (Lipinski definition) is 3. The summed E-state index contributed by atoms with van der Waals surface area (Å²) in [5, 5.41) is 5.51. The third kappa shape index (κ3) is 3.63. The molecule has 0 bridgehead atoms. The summed E-state index contributed by atoms with van der Waals surface area (Å²) >= 11 is 0. The standard InChI is InChI=1S/C17H16N2O3/c20-16(12-5-2-1-3-6-12)19-15(11-14-7-4-10-22-14)17(21)18-13-8-9-13/h1-7,10-11,13H,8-9H2,(H,18,21)(H,19,20)/b15-11-. The van der Waals surface area contributed by atoms with E-state index in [1.54, 1.807) is 36.4 Å². The molecule has 1 aliphatic rings. The molecule has 1 aromatic heterocycles. The van der Waals surface area contributed by atoms with Crippen molar-refractivity contribution in [2.45, 2.75) is 18.9 Å². The number of rotatable bonds is 5. The number of hydrogen-bond donors (Lipinski definition) is 2. The topological polar surface area (TPSA) is 71.3 Å². The van der Waals surface area contributed by atoms with E-state index in [1.807, 2.05) is 6.07 Å². The van der Waals surface area contributed by atoms with Gasteiger partial charge in [0.2, 0.25) is 0 Å². The summed E-state index contributed by atoms with van der Waals surface area (Å²) in [4.78, 5) is 24.5. The molecule has 1 fully saturated rings. The molecule has 0 atom stereocenters. The van der Waals surface area contributed by atoms with Crippen LogP contribution in [-0.2, 0) is 4.79 Å². The van der Waals surface area contributed by atoms with Gasteiger partial charge in [0, 0.05) is 17.7 Å². The van der Waals surface area contributed by atoms with Gasteiger partial charge in [-0.25, -0.2) is 0 Å². The molecule has 22 heavy (non-hydrogen) atoms. The number of amides is 2. The van der Waals surface area contributed by atoms with Crippen LogP contribution >= 0.6 is 0 Å². The van der Waals surface area contributed by atoms with Crippen LogP contribution in [0.5, 0.6) is 0 Å². The van der Waals surface area contributed by atoms with Gasteiger partial charge in [-0.05, 0) is 37.1 Å². The Balaban J connectivity index is 1.78. The van der Waals surface area contributed by atoms with Gasteiger partial charge in [0.05, 0.1) is 6.26 Å². The predicted molar refractivity (Wildman–Crippen MR) is 81.8 cm³/mol. The van der Waals surface area contributed by atoms with Crippen molar-refractivity contribution in [3.05, 3.63) is 65.7 Å². The van der Waals surface area contributed by atoms with Crippen molar-refractivity contribution in [1.29, 1.82) is 0 Å².